The van der Waals surface area contributed by atoms with E-state index in [0.717, 1.165) is 6.42 Å². The number of ether oxygens (including phenoxy) is 1. The standard InChI is InChI=1S/C20H21N5O3/c1-3-14(2)15-4-8-17(9-5-15)22-19(26)12-28-20(27)16-6-10-18(11-7-16)25-13-21-23-24-25/h4-11,13-14H,3,12H2,1-2H3,(H,22,26)/t14-/m1/s1. The topological polar surface area (TPSA) is 99.0 Å². The molecule has 1 heterocycles. The summed E-state index contributed by atoms with van der Waals surface area (Å²) in [6, 6.07) is 14.2. The van der Waals surface area contributed by atoms with Crippen molar-refractivity contribution in [3.8, 4) is 5.69 Å². The molecule has 0 saturated carbocycles. The first kappa shape index (κ1) is 19.2. The fraction of sp³-hybridized carbons (Fsp3) is 0.250. The number of esters is 1. The quantitative estimate of drug-likeness (QED) is 0.634. The van der Waals surface area contributed by atoms with Gasteiger partial charge in [0.1, 0.15) is 6.33 Å². The molecule has 1 amide bonds. The maximum atomic E-state index is 12.1. The Morgan fingerprint density at radius 3 is 2.43 bits per heavy atom. The van der Waals surface area contributed by atoms with Crippen LogP contribution in [-0.2, 0) is 9.53 Å². The SMILES string of the molecule is CC[C@@H](C)c1ccc(NC(=O)COC(=O)c2ccc(-n3cnnn3)cc2)cc1. The zero-order chi connectivity index (χ0) is 19.9. The van der Waals surface area contributed by atoms with Crippen LogP contribution >= 0.6 is 0 Å². The molecule has 0 bridgehead atoms. The Balaban J connectivity index is 1.50. The molecule has 144 valence electrons. The monoisotopic (exact) mass is 379 g/mol. The largest absolute Gasteiger partial charge is 0.452 e. The number of nitrogens with zero attached hydrogens (tertiary/aromatic N) is 4. The average molecular weight is 379 g/mol. The van der Waals surface area contributed by atoms with E-state index >= 15 is 0 Å². The molecule has 0 saturated heterocycles. The molecule has 0 radical (unpaired) electrons. The van der Waals surface area contributed by atoms with Crippen molar-refractivity contribution >= 4 is 17.6 Å². The molecular formula is C20H21N5O3. The number of benzene rings is 2. The van der Waals surface area contributed by atoms with Crippen molar-refractivity contribution in [3.05, 3.63) is 66.0 Å². The van der Waals surface area contributed by atoms with Crippen molar-refractivity contribution in [1.82, 2.24) is 20.2 Å². The third-order valence-electron chi connectivity index (χ3n) is 4.43. The highest BCUT2D eigenvalue weighted by Crippen LogP contribution is 2.20. The predicted octanol–water partition coefficient (Wildman–Crippen LogP) is 2.97. The molecule has 0 fully saturated rings. The molecule has 0 aliphatic rings. The Labute approximate surface area is 162 Å². The summed E-state index contributed by atoms with van der Waals surface area (Å²) in [5.74, 6) is -0.501. The molecule has 3 rings (SSSR count). The van der Waals surface area contributed by atoms with Crippen LogP contribution in [0.3, 0.4) is 0 Å². The van der Waals surface area contributed by atoms with E-state index in [1.54, 1.807) is 24.3 Å². The Bertz CT molecular complexity index is 921. The van der Waals surface area contributed by atoms with Gasteiger partial charge < -0.3 is 10.1 Å². The van der Waals surface area contributed by atoms with Gasteiger partial charge in [0.15, 0.2) is 6.61 Å². The van der Waals surface area contributed by atoms with Gasteiger partial charge in [0, 0.05) is 5.69 Å². The van der Waals surface area contributed by atoms with Gasteiger partial charge in [-0.2, -0.15) is 0 Å². The van der Waals surface area contributed by atoms with Gasteiger partial charge in [0.2, 0.25) is 0 Å². The van der Waals surface area contributed by atoms with Crippen LogP contribution in [0.2, 0.25) is 0 Å². The van der Waals surface area contributed by atoms with E-state index in [-0.39, 0.29) is 6.61 Å². The van der Waals surface area contributed by atoms with Gasteiger partial charge in [-0.1, -0.05) is 26.0 Å². The number of amides is 1. The zero-order valence-corrected chi connectivity index (χ0v) is 15.7. The highest BCUT2D eigenvalue weighted by Gasteiger charge is 2.11. The summed E-state index contributed by atoms with van der Waals surface area (Å²) >= 11 is 0. The molecule has 3 aromatic rings. The summed E-state index contributed by atoms with van der Waals surface area (Å²) in [6.45, 7) is 3.93. The molecule has 0 unspecified atom stereocenters. The summed E-state index contributed by atoms with van der Waals surface area (Å²) in [7, 11) is 0. The Hall–Kier alpha value is -3.55. The number of tetrazole rings is 1. The molecule has 8 nitrogen and oxygen atoms in total. The molecule has 28 heavy (non-hydrogen) atoms. The van der Waals surface area contributed by atoms with Crippen LogP contribution < -0.4 is 5.32 Å². The van der Waals surface area contributed by atoms with Gasteiger partial charge >= 0.3 is 5.97 Å². The van der Waals surface area contributed by atoms with Gasteiger partial charge in [0.05, 0.1) is 11.3 Å². The lowest BCUT2D eigenvalue weighted by Crippen LogP contribution is -2.21. The van der Waals surface area contributed by atoms with Gasteiger partial charge in [-0.05, 0) is 64.7 Å². The average Bonchev–Trinajstić information content (AvgIpc) is 3.27. The first-order valence-corrected chi connectivity index (χ1v) is 8.97. The van der Waals surface area contributed by atoms with E-state index in [0.29, 0.717) is 22.9 Å². The van der Waals surface area contributed by atoms with Crippen LogP contribution in [-0.4, -0.2) is 38.7 Å². The van der Waals surface area contributed by atoms with Crippen molar-refractivity contribution in [2.45, 2.75) is 26.2 Å². The summed E-state index contributed by atoms with van der Waals surface area (Å²) in [6.07, 6.45) is 2.51. The van der Waals surface area contributed by atoms with Crippen LogP contribution in [0.15, 0.2) is 54.9 Å². The van der Waals surface area contributed by atoms with Crippen molar-refractivity contribution in [2.75, 3.05) is 11.9 Å². The van der Waals surface area contributed by atoms with Crippen LogP contribution in [0.5, 0.6) is 0 Å². The smallest absolute Gasteiger partial charge is 0.338 e. The Morgan fingerprint density at radius 2 is 1.82 bits per heavy atom. The van der Waals surface area contributed by atoms with Crippen LogP contribution in [0, 0.1) is 0 Å². The lowest BCUT2D eigenvalue weighted by molar-refractivity contribution is -0.119. The van der Waals surface area contributed by atoms with Gasteiger partial charge in [-0.25, -0.2) is 9.48 Å². The van der Waals surface area contributed by atoms with E-state index < -0.39 is 11.9 Å². The van der Waals surface area contributed by atoms with Gasteiger partial charge in [0.25, 0.3) is 5.91 Å². The third kappa shape index (κ3) is 4.79. The second-order valence-corrected chi connectivity index (χ2v) is 6.36. The minimum atomic E-state index is -0.578. The minimum absolute atomic E-state index is 0.336. The number of nitrogens with one attached hydrogen (secondary N) is 1. The van der Waals surface area contributed by atoms with E-state index in [1.807, 2.05) is 24.3 Å². The van der Waals surface area contributed by atoms with Crippen LogP contribution in [0.1, 0.15) is 42.1 Å². The zero-order valence-electron chi connectivity index (χ0n) is 15.7. The number of hydrogen-bond acceptors (Lipinski definition) is 6. The minimum Gasteiger partial charge on any atom is -0.452 e. The van der Waals surface area contributed by atoms with E-state index in [9.17, 15) is 9.59 Å². The molecule has 1 N–H and O–H groups in total. The summed E-state index contributed by atoms with van der Waals surface area (Å²) in [5, 5.41) is 13.6. The lowest BCUT2D eigenvalue weighted by Gasteiger charge is -2.11. The number of aromatic nitrogens is 4. The van der Waals surface area contributed by atoms with E-state index in [1.165, 1.54) is 16.6 Å². The van der Waals surface area contributed by atoms with E-state index in [2.05, 4.69) is 34.7 Å². The van der Waals surface area contributed by atoms with Crippen molar-refractivity contribution in [2.24, 2.45) is 0 Å². The number of rotatable bonds is 7. The number of carbonyl (C=O) groups is 2. The first-order valence-electron chi connectivity index (χ1n) is 8.97. The molecule has 8 heteroatoms. The molecule has 0 spiro atoms. The van der Waals surface area contributed by atoms with Gasteiger partial charge in [-0.3, -0.25) is 4.79 Å². The normalized spacial score (nSPS) is 11.6. The van der Waals surface area contributed by atoms with Gasteiger partial charge in [-0.15, -0.1) is 5.10 Å². The van der Waals surface area contributed by atoms with Crippen molar-refractivity contribution < 1.29 is 14.3 Å². The predicted molar refractivity (Wildman–Crippen MR) is 103 cm³/mol. The second-order valence-electron chi connectivity index (χ2n) is 6.36. The lowest BCUT2D eigenvalue weighted by atomic mass is 9.99. The maximum absolute atomic E-state index is 12.1. The highest BCUT2D eigenvalue weighted by atomic mass is 16.5. The van der Waals surface area contributed by atoms with Crippen molar-refractivity contribution in [1.29, 1.82) is 0 Å². The third-order valence-corrected chi connectivity index (χ3v) is 4.43. The van der Waals surface area contributed by atoms with Crippen LogP contribution in [0.4, 0.5) is 5.69 Å². The summed E-state index contributed by atoms with van der Waals surface area (Å²) in [4.78, 5) is 24.1. The number of anilines is 1. The molecule has 2 aromatic carbocycles. The maximum Gasteiger partial charge on any atom is 0.338 e. The molecular weight excluding hydrogens is 358 g/mol. The molecule has 1 aromatic heterocycles. The Kier molecular flexibility index (Phi) is 6.11. The molecule has 0 aliphatic heterocycles. The highest BCUT2D eigenvalue weighted by molar-refractivity contribution is 5.95. The van der Waals surface area contributed by atoms with E-state index in [4.69, 9.17) is 4.74 Å². The summed E-state index contributed by atoms with van der Waals surface area (Å²) < 4.78 is 6.54. The van der Waals surface area contributed by atoms with Crippen molar-refractivity contribution in [3.63, 3.8) is 0 Å². The first-order chi connectivity index (χ1) is 13.6. The number of hydrogen-bond donors (Lipinski definition) is 1. The fourth-order valence-electron chi connectivity index (χ4n) is 2.57. The Morgan fingerprint density at radius 1 is 1.11 bits per heavy atom. The fourth-order valence-corrected chi connectivity index (χ4v) is 2.57. The molecule has 1 atom stereocenters. The molecule has 0 aliphatic carbocycles. The second kappa shape index (κ2) is 8.90. The summed E-state index contributed by atoms with van der Waals surface area (Å²) in [5.41, 5.74) is 2.93. The number of carbonyl (C=O) groups excluding carboxylic acids is 2. The van der Waals surface area contributed by atoms with Crippen LogP contribution in [0.25, 0.3) is 5.69 Å².